The minimum Gasteiger partial charge on any atom is -0.329 e. The lowest BCUT2D eigenvalue weighted by Crippen LogP contribution is -2.40. The molecule has 2 nitrogen and oxygen atoms in total. The summed E-state index contributed by atoms with van der Waals surface area (Å²) >= 11 is 0. The average molecular weight is 240 g/mol. The van der Waals surface area contributed by atoms with Gasteiger partial charge in [0.25, 0.3) is 0 Å². The number of rotatable bonds is 8. The minimum atomic E-state index is 0.595. The van der Waals surface area contributed by atoms with Crippen molar-refractivity contribution in [3.8, 4) is 0 Å². The molecule has 0 saturated carbocycles. The first kappa shape index (κ1) is 15.0. The Morgan fingerprint density at radius 3 is 2.35 bits per heavy atom. The minimum absolute atomic E-state index is 0.595. The van der Waals surface area contributed by atoms with Crippen LogP contribution in [0.2, 0.25) is 0 Å². The maximum atomic E-state index is 5.96. The van der Waals surface area contributed by atoms with Gasteiger partial charge in [0.05, 0.1) is 0 Å². The van der Waals surface area contributed by atoms with Crippen LogP contribution in [0.25, 0.3) is 0 Å². The van der Waals surface area contributed by atoms with E-state index >= 15 is 0 Å². The predicted molar refractivity (Wildman–Crippen MR) is 76.2 cm³/mol. The number of nitrogens with two attached hydrogens (primary N) is 1. The second kappa shape index (κ2) is 7.38. The van der Waals surface area contributed by atoms with Crippen LogP contribution < -0.4 is 5.73 Å². The molecule has 0 amide bonds. The fraction of sp³-hybridized carbons (Fsp3) is 1.00. The molecule has 1 aliphatic heterocycles. The van der Waals surface area contributed by atoms with E-state index in [4.69, 9.17) is 5.73 Å². The molecule has 0 aromatic carbocycles. The first-order chi connectivity index (χ1) is 8.21. The van der Waals surface area contributed by atoms with Gasteiger partial charge in [-0.05, 0) is 37.6 Å². The summed E-state index contributed by atoms with van der Waals surface area (Å²) in [5.41, 5.74) is 6.56. The van der Waals surface area contributed by atoms with Gasteiger partial charge in [-0.2, -0.15) is 0 Å². The van der Waals surface area contributed by atoms with Gasteiger partial charge in [-0.1, -0.05) is 40.0 Å². The summed E-state index contributed by atoms with van der Waals surface area (Å²) in [5.74, 6) is 0. The summed E-state index contributed by atoms with van der Waals surface area (Å²) in [6.07, 6.45) is 9.35. The van der Waals surface area contributed by atoms with E-state index in [1.165, 1.54) is 58.0 Å². The summed E-state index contributed by atoms with van der Waals surface area (Å²) in [6.45, 7) is 10.4. The third kappa shape index (κ3) is 3.96. The van der Waals surface area contributed by atoms with Crippen LogP contribution in [0.3, 0.4) is 0 Å². The number of likely N-dealkylation sites (tertiary alicyclic amines) is 1. The molecule has 1 heterocycles. The van der Waals surface area contributed by atoms with Gasteiger partial charge in [-0.3, -0.25) is 4.90 Å². The molecule has 1 rings (SSSR count). The zero-order chi connectivity index (χ0) is 12.7. The van der Waals surface area contributed by atoms with Gasteiger partial charge in [-0.15, -0.1) is 0 Å². The first-order valence-electron chi connectivity index (χ1n) is 7.65. The smallest absolute Gasteiger partial charge is 0.0218 e. The first-order valence-corrected chi connectivity index (χ1v) is 7.65. The van der Waals surface area contributed by atoms with Gasteiger partial charge in [0.2, 0.25) is 0 Å². The van der Waals surface area contributed by atoms with E-state index in [0.717, 1.165) is 6.54 Å². The third-order valence-electron chi connectivity index (χ3n) is 4.90. The van der Waals surface area contributed by atoms with Gasteiger partial charge in [0.15, 0.2) is 0 Å². The molecule has 1 unspecified atom stereocenters. The van der Waals surface area contributed by atoms with Gasteiger partial charge in [-0.25, -0.2) is 0 Å². The van der Waals surface area contributed by atoms with Crippen molar-refractivity contribution in [2.75, 3.05) is 19.6 Å². The SMILES string of the molecule is CCCCCC(CN)N1CCC(CC)(CC)C1. The quantitative estimate of drug-likeness (QED) is 0.659. The van der Waals surface area contributed by atoms with Crippen molar-refractivity contribution in [1.29, 1.82) is 0 Å². The van der Waals surface area contributed by atoms with E-state index in [9.17, 15) is 0 Å². The van der Waals surface area contributed by atoms with Gasteiger partial charge >= 0.3 is 0 Å². The van der Waals surface area contributed by atoms with E-state index in [-0.39, 0.29) is 0 Å². The monoisotopic (exact) mass is 240 g/mol. The predicted octanol–water partition coefficient (Wildman–Crippen LogP) is 3.41. The highest BCUT2D eigenvalue weighted by Crippen LogP contribution is 2.38. The second-order valence-corrected chi connectivity index (χ2v) is 5.81. The summed E-state index contributed by atoms with van der Waals surface area (Å²) < 4.78 is 0. The van der Waals surface area contributed by atoms with E-state index in [1.54, 1.807) is 0 Å². The zero-order valence-corrected chi connectivity index (χ0v) is 12.2. The van der Waals surface area contributed by atoms with Crippen LogP contribution in [-0.4, -0.2) is 30.6 Å². The highest BCUT2D eigenvalue weighted by Gasteiger charge is 2.36. The van der Waals surface area contributed by atoms with Crippen LogP contribution >= 0.6 is 0 Å². The molecule has 0 bridgehead atoms. The molecule has 0 aromatic heterocycles. The van der Waals surface area contributed by atoms with Crippen molar-refractivity contribution in [3.05, 3.63) is 0 Å². The molecule has 0 radical (unpaired) electrons. The Bertz CT molecular complexity index is 199. The Morgan fingerprint density at radius 2 is 1.88 bits per heavy atom. The average Bonchev–Trinajstić information content (AvgIpc) is 2.80. The fourth-order valence-corrected chi connectivity index (χ4v) is 3.19. The molecule has 17 heavy (non-hydrogen) atoms. The largest absolute Gasteiger partial charge is 0.329 e. The zero-order valence-electron chi connectivity index (χ0n) is 12.2. The molecule has 1 aliphatic rings. The van der Waals surface area contributed by atoms with Crippen molar-refractivity contribution >= 4 is 0 Å². The van der Waals surface area contributed by atoms with Crippen molar-refractivity contribution in [3.63, 3.8) is 0 Å². The van der Waals surface area contributed by atoms with E-state index in [2.05, 4.69) is 25.7 Å². The van der Waals surface area contributed by atoms with E-state index in [1.807, 2.05) is 0 Å². The fourth-order valence-electron chi connectivity index (χ4n) is 3.19. The lowest BCUT2D eigenvalue weighted by molar-refractivity contribution is 0.187. The summed E-state index contributed by atoms with van der Waals surface area (Å²) in [5, 5.41) is 0. The van der Waals surface area contributed by atoms with E-state index in [0.29, 0.717) is 11.5 Å². The number of hydrogen-bond acceptors (Lipinski definition) is 2. The van der Waals surface area contributed by atoms with Crippen molar-refractivity contribution in [2.45, 2.75) is 71.8 Å². The Hall–Kier alpha value is -0.0800. The van der Waals surface area contributed by atoms with Crippen LogP contribution in [0.15, 0.2) is 0 Å². The number of unbranched alkanes of at least 4 members (excludes halogenated alkanes) is 2. The van der Waals surface area contributed by atoms with Crippen molar-refractivity contribution in [2.24, 2.45) is 11.1 Å². The Balaban J connectivity index is 2.43. The van der Waals surface area contributed by atoms with E-state index < -0.39 is 0 Å². The molecular formula is C15H32N2. The second-order valence-electron chi connectivity index (χ2n) is 5.81. The maximum absolute atomic E-state index is 5.96. The summed E-state index contributed by atoms with van der Waals surface area (Å²) in [7, 11) is 0. The molecule has 2 heteroatoms. The molecule has 0 spiro atoms. The van der Waals surface area contributed by atoms with Gasteiger partial charge in [0.1, 0.15) is 0 Å². The van der Waals surface area contributed by atoms with Crippen molar-refractivity contribution < 1.29 is 0 Å². The normalized spacial score (nSPS) is 21.9. The highest BCUT2D eigenvalue weighted by molar-refractivity contribution is 4.91. The Kier molecular flexibility index (Phi) is 6.50. The maximum Gasteiger partial charge on any atom is 0.0218 e. The number of hydrogen-bond donors (Lipinski definition) is 1. The molecule has 1 saturated heterocycles. The van der Waals surface area contributed by atoms with Gasteiger partial charge in [0, 0.05) is 19.1 Å². The molecule has 1 fully saturated rings. The van der Waals surface area contributed by atoms with Crippen LogP contribution in [0.1, 0.15) is 65.7 Å². The number of nitrogens with zero attached hydrogens (tertiary/aromatic N) is 1. The third-order valence-corrected chi connectivity index (χ3v) is 4.90. The lowest BCUT2D eigenvalue weighted by atomic mass is 9.82. The van der Waals surface area contributed by atoms with Crippen molar-refractivity contribution in [1.82, 2.24) is 4.90 Å². The lowest BCUT2D eigenvalue weighted by Gasteiger charge is -2.30. The highest BCUT2D eigenvalue weighted by atomic mass is 15.2. The van der Waals surface area contributed by atoms with Gasteiger partial charge < -0.3 is 5.73 Å². The van der Waals surface area contributed by atoms with Crippen LogP contribution in [0.4, 0.5) is 0 Å². The molecule has 0 aromatic rings. The summed E-state index contributed by atoms with van der Waals surface area (Å²) in [6, 6.07) is 0.640. The molecular weight excluding hydrogens is 208 g/mol. The topological polar surface area (TPSA) is 29.3 Å². The Morgan fingerprint density at radius 1 is 1.18 bits per heavy atom. The Labute approximate surface area is 108 Å². The van der Waals surface area contributed by atoms with Crippen LogP contribution in [0.5, 0.6) is 0 Å². The molecule has 1 atom stereocenters. The molecule has 102 valence electrons. The summed E-state index contributed by atoms with van der Waals surface area (Å²) in [4.78, 5) is 2.67. The van der Waals surface area contributed by atoms with Crippen LogP contribution in [-0.2, 0) is 0 Å². The molecule has 0 aliphatic carbocycles. The standard InChI is InChI=1S/C15H32N2/c1-4-7-8-9-14(12-16)17-11-10-15(5-2,6-3)13-17/h14H,4-13,16H2,1-3H3. The van der Waals surface area contributed by atoms with Crippen LogP contribution in [0, 0.1) is 5.41 Å². The molecule has 2 N–H and O–H groups in total.